The fraction of sp³-hybridized carbons (Fsp3) is 0.333. The van der Waals surface area contributed by atoms with Crippen LogP contribution < -0.4 is 5.32 Å². The van der Waals surface area contributed by atoms with Gasteiger partial charge < -0.3 is 5.32 Å². The molecule has 2 aliphatic rings. The molecule has 0 spiro atoms. The van der Waals surface area contributed by atoms with Crippen LogP contribution in [-0.4, -0.2) is 6.04 Å². The maximum absolute atomic E-state index is 3.61. The molecule has 22 heavy (non-hydrogen) atoms. The minimum Gasteiger partial charge on any atom is -0.380 e. The number of benzene rings is 1. The van der Waals surface area contributed by atoms with Crippen molar-refractivity contribution in [3.63, 3.8) is 0 Å². The molecule has 1 heteroatoms. The predicted molar refractivity (Wildman–Crippen MR) is 95.3 cm³/mol. The van der Waals surface area contributed by atoms with Gasteiger partial charge in [-0.15, -0.1) is 0 Å². The smallest absolute Gasteiger partial charge is 0.0698 e. The largest absolute Gasteiger partial charge is 0.380 e. The van der Waals surface area contributed by atoms with Crippen LogP contribution in [0.2, 0.25) is 0 Å². The fourth-order valence-electron chi connectivity index (χ4n) is 3.37. The fourth-order valence-corrected chi connectivity index (χ4v) is 3.37. The number of hydrogen-bond acceptors (Lipinski definition) is 1. The molecule has 1 heterocycles. The minimum absolute atomic E-state index is 0.307. The Morgan fingerprint density at radius 3 is 2.45 bits per heavy atom. The Labute approximate surface area is 134 Å². The minimum atomic E-state index is 0.307. The number of rotatable bonds is 3. The molecular weight excluding hydrogens is 266 g/mol. The Morgan fingerprint density at radius 2 is 1.77 bits per heavy atom. The Hall–Kier alpha value is -2.02. The number of nitrogens with one attached hydrogen (secondary N) is 1. The lowest BCUT2D eigenvalue weighted by molar-refractivity contribution is 0.697. The highest BCUT2D eigenvalue weighted by molar-refractivity contribution is 5.79. The molecule has 1 aromatic rings. The van der Waals surface area contributed by atoms with Crippen LogP contribution in [-0.2, 0) is 0 Å². The van der Waals surface area contributed by atoms with Crippen LogP contribution in [0.5, 0.6) is 0 Å². The van der Waals surface area contributed by atoms with Crippen LogP contribution >= 0.6 is 0 Å². The van der Waals surface area contributed by atoms with Gasteiger partial charge in [0.15, 0.2) is 0 Å². The van der Waals surface area contributed by atoms with Crippen molar-refractivity contribution >= 4 is 5.57 Å². The SMILES string of the molecule is CC1=CC(C2=CCCC=C2C(C)C)NC=C1c1ccccc1. The molecule has 1 N–H and O–H groups in total. The topological polar surface area (TPSA) is 12.0 Å². The highest BCUT2D eigenvalue weighted by Crippen LogP contribution is 2.32. The van der Waals surface area contributed by atoms with Gasteiger partial charge in [-0.2, -0.15) is 0 Å². The highest BCUT2D eigenvalue weighted by Gasteiger charge is 2.22. The Balaban J connectivity index is 1.85. The van der Waals surface area contributed by atoms with Gasteiger partial charge in [0.05, 0.1) is 6.04 Å². The summed E-state index contributed by atoms with van der Waals surface area (Å²) in [5, 5.41) is 3.61. The molecule has 1 aliphatic carbocycles. The second kappa shape index (κ2) is 6.39. The van der Waals surface area contributed by atoms with Crippen molar-refractivity contribution in [1.82, 2.24) is 5.32 Å². The van der Waals surface area contributed by atoms with E-state index in [0.717, 1.165) is 6.42 Å². The average Bonchev–Trinajstić information content (AvgIpc) is 2.55. The standard InChI is InChI=1S/C21H25N/c1-15(2)18-11-7-8-12-19(18)21-13-16(3)20(14-22-21)17-9-5-4-6-10-17/h4-6,9-15,21-22H,7-8H2,1-3H3. The molecular formula is C21H25N. The van der Waals surface area contributed by atoms with Gasteiger partial charge in [0, 0.05) is 11.8 Å². The zero-order chi connectivity index (χ0) is 15.5. The number of dihydropyridines is 1. The van der Waals surface area contributed by atoms with Crippen LogP contribution in [0.25, 0.3) is 5.57 Å². The van der Waals surface area contributed by atoms with Gasteiger partial charge in [-0.25, -0.2) is 0 Å². The molecule has 0 saturated carbocycles. The monoisotopic (exact) mass is 291 g/mol. The van der Waals surface area contributed by atoms with E-state index in [1.54, 1.807) is 0 Å². The van der Waals surface area contributed by atoms with Crippen molar-refractivity contribution in [2.45, 2.75) is 39.7 Å². The third-order valence-electron chi connectivity index (χ3n) is 4.52. The Kier molecular flexibility index (Phi) is 4.33. The molecule has 114 valence electrons. The number of allylic oxidation sites excluding steroid dienone is 4. The van der Waals surface area contributed by atoms with E-state index in [9.17, 15) is 0 Å². The third-order valence-corrected chi connectivity index (χ3v) is 4.52. The first-order valence-corrected chi connectivity index (χ1v) is 8.27. The molecule has 1 unspecified atom stereocenters. The van der Waals surface area contributed by atoms with E-state index in [2.05, 4.69) is 80.8 Å². The van der Waals surface area contributed by atoms with Gasteiger partial charge in [-0.3, -0.25) is 0 Å². The Bertz CT molecular complexity index is 656. The molecule has 1 atom stereocenters. The van der Waals surface area contributed by atoms with Gasteiger partial charge >= 0.3 is 0 Å². The summed E-state index contributed by atoms with van der Waals surface area (Å²) in [5.41, 5.74) is 6.89. The zero-order valence-corrected chi connectivity index (χ0v) is 13.8. The Morgan fingerprint density at radius 1 is 1.05 bits per heavy atom. The molecule has 1 aliphatic heterocycles. The van der Waals surface area contributed by atoms with Crippen LogP contribution in [0.15, 0.2) is 71.5 Å². The summed E-state index contributed by atoms with van der Waals surface area (Å²) in [6.07, 6.45) is 11.7. The van der Waals surface area contributed by atoms with E-state index in [-0.39, 0.29) is 0 Å². The quantitative estimate of drug-likeness (QED) is 0.802. The molecule has 3 rings (SSSR count). The van der Waals surface area contributed by atoms with Crippen molar-refractivity contribution in [2.24, 2.45) is 5.92 Å². The second-order valence-electron chi connectivity index (χ2n) is 6.47. The lowest BCUT2D eigenvalue weighted by atomic mass is 9.83. The molecule has 1 nitrogen and oxygen atoms in total. The second-order valence-corrected chi connectivity index (χ2v) is 6.47. The first-order chi connectivity index (χ1) is 10.7. The van der Waals surface area contributed by atoms with E-state index in [0.29, 0.717) is 12.0 Å². The highest BCUT2D eigenvalue weighted by atomic mass is 14.9. The molecule has 1 aromatic carbocycles. The van der Waals surface area contributed by atoms with E-state index >= 15 is 0 Å². The summed E-state index contributed by atoms with van der Waals surface area (Å²) < 4.78 is 0. The average molecular weight is 291 g/mol. The number of hydrogen-bond donors (Lipinski definition) is 1. The van der Waals surface area contributed by atoms with Crippen molar-refractivity contribution in [1.29, 1.82) is 0 Å². The molecule has 0 fully saturated rings. The lowest BCUT2D eigenvalue weighted by Crippen LogP contribution is -2.30. The van der Waals surface area contributed by atoms with Crippen molar-refractivity contribution in [3.8, 4) is 0 Å². The van der Waals surface area contributed by atoms with Crippen molar-refractivity contribution in [2.75, 3.05) is 0 Å². The first-order valence-electron chi connectivity index (χ1n) is 8.27. The first kappa shape index (κ1) is 14.9. The van der Waals surface area contributed by atoms with Gasteiger partial charge in [-0.1, -0.05) is 62.4 Å². The van der Waals surface area contributed by atoms with Gasteiger partial charge in [0.2, 0.25) is 0 Å². The summed E-state index contributed by atoms with van der Waals surface area (Å²) in [6, 6.07) is 10.9. The summed E-state index contributed by atoms with van der Waals surface area (Å²) in [5.74, 6) is 0.585. The van der Waals surface area contributed by atoms with E-state index in [1.807, 2.05) is 0 Å². The summed E-state index contributed by atoms with van der Waals surface area (Å²) in [7, 11) is 0. The van der Waals surface area contributed by atoms with Gasteiger partial charge in [-0.05, 0) is 48.0 Å². The van der Waals surface area contributed by atoms with Gasteiger partial charge in [0.1, 0.15) is 0 Å². The van der Waals surface area contributed by atoms with E-state index in [4.69, 9.17) is 0 Å². The van der Waals surface area contributed by atoms with Crippen LogP contribution in [0, 0.1) is 5.92 Å². The van der Waals surface area contributed by atoms with E-state index in [1.165, 1.54) is 34.3 Å². The molecule has 0 aromatic heterocycles. The third kappa shape index (κ3) is 2.94. The van der Waals surface area contributed by atoms with Crippen LogP contribution in [0.4, 0.5) is 0 Å². The molecule has 0 saturated heterocycles. The maximum atomic E-state index is 3.61. The zero-order valence-electron chi connectivity index (χ0n) is 13.8. The molecule has 0 amide bonds. The van der Waals surface area contributed by atoms with Crippen molar-refractivity contribution in [3.05, 3.63) is 77.0 Å². The van der Waals surface area contributed by atoms with E-state index < -0.39 is 0 Å². The van der Waals surface area contributed by atoms with Crippen LogP contribution in [0.1, 0.15) is 39.2 Å². The normalized spacial score (nSPS) is 21.5. The lowest BCUT2D eigenvalue weighted by Gasteiger charge is -2.29. The summed E-state index contributed by atoms with van der Waals surface area (Å²) in [4.78, 5) is 0. The van der Waals surface area contributed by atoms with Crippen LogP contribution in [0.3, 0.4) is 0 Å². The molecule has 0 bridgehead atoms. The summed E-state index contributed by atoms with van der Waals surface area (Å²) in [6.45, 7) is 6.79. The maximum Gasteiger partial charge on any atom is 0.0698 e. The van der Waals surface area contributed by atoms with Crippen molar-refractivity contribution < 1.29 is 0 Å². The molecule has 0 radical (unpaired) electrons. The summed E-state index contributed by atoms with van der Waals surface area (Å²) >= 11 is 0. The van der Waals surface area contributed by atoms with Gasteiger partial charge in [0.25, 0.3) is 0 Å². The predicted octanol–water partition coefficient (Wildman–Crippen LogP) is 5.25.